The van der Waals surface area contributed by atoms with E-state index in [2.05, 4.69) is 5.32 Å². The highest BCUT2D eigenvalue weighted by molar-refractivity contribution is 5.81. The monoisotopic (exact) mass is 518 g/mol. The molecule has 1 aromatic heterocycles. The van der Waals surface area contributed by atoms with Crippen LogP contribution in [-0.4, -0.2) is 41.8 Å². The molecule has 0 radical (unpaired) electrons. The summed E-state index contributed by atoms with van der Waals surface area (Å²) in [5.41, 5.74) is 4.79. The van der Waals surface area contributed by atoms with Crippen LogP contribution in [-0.2, 0) is 23.9 Å². The van der Waals surface area contributed by atoms with Crippen LogP contribution in [0.5, 0.6) is 5.75 Å². The number of nitrogens with two attached hydrogens (primary N) is 1. The first-order chi connectivity index (χ1) is 17.4. The van der Waals surface area contributed by atoms with Gasteiger partial charge in [0.25, 0.3) is 0 Å². The van der Waals surface area contributed by atoms with Crippen molar-refractivity contribution in [1.82, 2.24) is 5.32 Å². The van der Waals surface area contributed by atoms with Crippen molar-refractivity contribution < 1.29 is 33.0 Å². The van der Waals surface area contributed by atoms with Gasteiger partial charge in [-0.25, -0.2) is 4.79 Å². The zero-order valence-electron chi connectivity index (χ0n) is 22.2. The second-order valence-corrected chi connectivity index (χ2v) is 9.95. The number of carbonyl (C=O) groups excluding carboxylic acids is 3. The zero-order valence-corrected chi connectivity index (χ0v) is 22.2. The number of benzene rings is 1. The van der Waals surface area contributed by atoms with Gasteiger partial charge in [-0.05, 0) is 52.3 Å². The Morgan fingerprint density at radius 3 is 2.43 bits per heavy atom. The first kappa shape index (κ1) is 29.8. The van der Waals surface area contributed by atoms with Crippen LogP contribution in [0.15, 0.2) is 39.5 Å². The molecule has 204 valence electrons. The Kier molecular flexibility index (Phi) is 11.1. The summed E-state index contributed by atoms with van der Waals surface area (Å²) in [6.07, 6.45) is 0.478. The molecule has 2 aromatic rings. The SMILES string of the molecule is CCCCCC(=O)OC(CC(=O)OC(C)(C)C)CC(NC(=O)[C@H](C)N)Oc1ccc2ccc(=O)oc2c1. The number of hydrogen-bond donors (Lipinski definition) is 2. The summed E-state index contributed by atoms with van der Waals surface area (Å²) in [5.74, 6) is -1.21. The Balaban J connectivity index is 2.27. The fourth-order valence-electron chi connectivity index (χ4n) is 3.45. The van der Waals surface area contributed by atoms with E-state index in [1.165, 1.54) is 19.1 Å². The number of esters is 2. The average Bonchev–Trinajstić information content (AvgIpc) is 2.77. The van der Waals surface area contributed by atoms with Gasteiger partial charge >= 0.3 is 17.6 Å². The van der Waals surface area contributed by atoms with E-state index in [0.717, 1.165) is 12.8 Å². The van der Waals surface area contributed by atoms with Gasteiger partial charge in [0.2, 0.25) is 5.91 Å². The lowest BCUT2D eigenvalue weighted by molar-refractivity contribution is -0.162. The minimum Gasteiger partial charge on any atom is -0.470 e. The minimum absolute atomic E-state index is 0.0476. The largest absolute Gasteiger partial charge is 0.470 e. The molecule has 1 heterocycles. The third kappa shape index (κ3) is 11.0. The molecule has 10 nitrogen and oxygen atoms in total. The Labute approximate surface area is 216 Å². The molecule has 2 unspecified atom stereocenters. The average molecular weight is 519 g/mol. The molecule has 0 saturated heterocycles. The smallest absolute Gasteiger partial charge is 0.336 e. The molecule has 0 aliphatic carbocycles. The first-order valence-electron chi connectivity index (χ1n) is 12.5. The van der Waals surface area contributed by atoms with E-state index in [4.69, 9.17) is 24.4 Å². The van der Waals surface area contributed by atoms with Crippen LogP contribution in [0, 0.1) is 0 Å². The number of unbranched alkanes of at least 4 members (excludes halogenated alkanes) is 2. The summed E-state index contributed by atoms with van der Waals surface area (Å²) in [6, 6.07) is 6.96. The topological polar surface area (TPSA) is 147 Å². The molecule has 0 bridgehead atoms. The van der Waals surface area contributed by atoms with E-state index in [9.17, 15) is 19.2 Å². The van der Waals surface area contributed by atoms with Crippen molar-refractivity contribution in [3.05, 3.63) is 40.8 Å². The van der Waals surface area contributed by atoms with Crippen LogP contribution in [0.1, 0.15) is 73.1 Å². The van der Waals surface area contributed by atoms with Gasteiger partial charge in [0.05, 0.1) is 12.5 Å². The van der Waals surface area contributed by atoms with E-state index in [-0.39, 0.29) is 19.3 Å². The standard InChI is InChI=1S/C27H38N2O8/c1-6-7-8-9-23(30)35-20(16-25(32)37-27(3,4)5)15-22(29-26(33)17(2)28)34-19-12-10-18-11-13-24(31)36-21(18)14-19/h10-14,17,20,22H,6-9,15-16,28H2,1-5H3,(H,29,33)/t17-,20?,22?/m0/s1. The van der Waals surface area contributed by atoms with Crippen LogP contribution in [0.25, 0.3) is 11.0 Å². The summed E-state index contributed by atoms with van der Waals surface area (Å²) in [6.45, 7) is 8.76. The fraction of sp³-hybridized carbons (Fsp3) is 0.556. The molecule has 0 spiro atoms. The first-order valence-corrected chi connectivity index (χ1v) is 12.5. The molecule has 0 aliphatic heterocycles. The quantitative estimate of drug-likeness (QED) is 0.176. The Bertz CT molecular complexity index is 1120. The molecule has 2 rings (SSSR count). The summed E-state index contributed by atoms with van der Waals surface area (Å²) in [7, 11) is 0. The lowest BCUT2D eigenvalue weighted by Gasteiger charge is -2.27. The third-order valence-electron chi connectivity index (χ3n) is 5.16. The second kappa shape index (κ2) is 13.8. The van der Waals surface area contributed by atoms with Crippen LogP contribution in [0.3, 0.4) is 0 Å². The molecule has 3 atom stereocenters. The molecule has 1 aromatic carbocycles. The number of carbonyl (C=O) groups is 3. The van der Waals surface area contributed by atoms with E-state index in [0.29, 0.717) is 23.1 Å². The van der Waals surface area contributed by atoms with Crippen molar-refractivity contribution in [2.24, 2.45) is 5.73 Å². The highest BCUT2D eigenvalue weighted by Crippen LogP contribution is 2.22. The highest BCUT2D eigenvalue weighted by atomic mass is 16.6. The number of nitrogens with one attached hydrogen (secondary N) is 1. The van der Waals surface area contributed by atoms with E-state index < -0.39 is 47.4 Å². The van der Waals surface area contributed by atoms with Gasteiger partial charge < -0.3 is 29.7 Å². The van der Waals surface area contributed by atoms with Gasteiger partial charge in [-0.1, -0.05) is 19.8 Å². The Morgan fingerprint density at radius 2 is 1.78 bits per heavy atom. The van der Waals surface area contributed by atoms with Gasteiger partial charge in [0, 0.05) is 30.4 Å². The second-order valence-electron chi connectivity index (χ2n) is 9.95. The normalized spacial score (nSPS) is 13.9. The molecule has 37 heavy (non-hydrogen) atoms. The summed E-state index contributed by atoms with van der Waals surface area (Å²) in [4.78, 5) is 49.1. The van der Waals surface area contributed by atoms with E-state index >= 15 is 0 Å². The lowest BCUT2D eigenvalue weighted by atomic mass is 10.1. The Morgan fingerprint density at radius 1 is 1.08 bits per heavy atom. The predicted octanol–water partition coefficient (Wildman–Crippen LogP) is 3.58. The molecule has 1 amide bonds. The summed E-state index contributed by atoms with van der Waals surface area (Å²) < 4.78 is 22.2. The van der Waals surface area contributed by atoms with E-state index in [1.807, 2.05) is 6.92 Å². The molecule has 10 heteroatoms. The van der Waals surface area contributed by atoms with Crippen molar-refractivity contribution in [1.29, 1.82) is 0 Å². The van der Waals surface area contributed by atoms with E-state index in [1.54, 1.807) is 39.0 Å². The maximum atomic E-state index is 12.6. The minimum atomic E-state index is -1.01. The maximum Gasteiger partial charge on any atom is 0.336 e. The van der Waals surface area contributed by atoms with Crippen LogP contribution < -0.4 is 21.4 Å². The Hall–Kier alpha value is -3.40. The van der Waals surface area contributed by atoms with Crippen molar-refractivity contribution in [2.45, 2.75) is 97.1 Å². The number of ether oxygens (including phenoxy) is 3. The van der Waals surface area contributed by atoms with Gasteiger partial charge in [-0.2, -0.15) is 0 Å². The summed E-state index contributed by atoms with van der Waals surface area (Å²) >= 11 is 0. The number of rotatable bonds is 13. The molecular weight excluding hydrogens is 480 g/mol. The lowest BCUT2D eigenvalue weighted by Crippen LogP contribution is -2.48. The van der Waals surface area contributed by atoms with Gasteiger partial charge in [0.1, 0.15) is 23.0 Å². The van der Waals surface area contributed by atoms with Crippen LogP contribution in [0.2, 0.25) is 0 Å². The number of amides is 1. The fourth-order valence-corrected chi connectivity index (χ4v) is 3.45. The van der Waals surface area contributed by atoms with Crippen LogP contribution >= 0.6 is 0 Å². The maximum absolute atomic E-state index is 12.6. The van der Waals surface area contributed by atoms with Gasteiger partial charge in [0.15, 0.2) is 6.23 Å². The number of hydrogen-bond acceptors (Lipinski definition) is 9. The highest BCUT2D eigenvalue weighted by Gasteiger charge is 2.28. The molecular formula is C27H38N2O8. The van der Waals surface area contributed by atoms with Crippen molar-refractivity contribution >= 4 is 28.8 Å². The van der Waals surface area contributed by atoms with Crippen molar-refractivity contribution in [3.8, 4) is 5.75 Å². The van der Waals surface area contributed by atoms with Crippen molar-refractivity contribution in [3.63, 3.8) is 0 Å². The zero-order chi connectivity index (χ0) is 27.6. The summed E-state index contributed by atoms with van der Waals surface area (Å²) in [5, 5.41) is 3.37. The predicted molar refractivity (Wildman–Crippen MR) is 138 cm³/mol. The third-order valence-corrected chi connectivity index (χ3v) is 5.16. The van der Waals surface area contributed by atoms with Gasteiger partial charge in [-0.15, -0.1) is 0 Å². The number of fused-ring (bicyclic) bond motifs is 1. The molecule has 0 aliphatic rings. The van der Waals surface area contributed by atoms with Gasteiger partial charge in [-0.3, -0.25) is 14.4 Å². The molecule has 3 N–H and O–H groups in total. The van der Waals surface area contributed by atoms with Crippen LogP contribution in [0.4, 0.5) is 0 Å². The molecule has 0 saturated carbocycles. The molecule has 0 fully saturated rings. The van der Waals surface area contributed by atoms with Crippen molar-refractivity contribution in [2.75, 3.05) is 0 Å².